The number of hydrogen-bond donors (Lipinski definition) is 2. The maximum absolute atomic E-state index is 12.3. The molecule has 1 heterocycles. The Bertz CT molecular complexity index is 559. The van der Waals surface area contributed by atoms with E-state index < -0.39 is 10.0 Å². The van der Waals surface area contributed by atoms with Crippen LogP contribution >= 0.6 is 0 Å². The van der Waals surface area contributed by atoms with Gasteiger partial charge in [-0.15, -0.1) is 0 Å². The van der Waals surface area contributed by atoms with E-state index in [9.17, 15) is 8.42 Å². The number of fused-ring (bicyclic) bond motifs is 1. The maximum atomic E-state index is 12.3. The molecule has 0 fully saturated rings. The van der Waals surface area contributed by atoms with Crippen molar-refractivity contribution in [1.82, 2.24) is 10.0 Å². The van der Waals surface area contributed by atoms with E-state index in [4.69, 9.17) is 9.47 Å². The highest BCUT2D eigenvalue weighted by molar-refractivity contribution is 7.89. The number of hydrogen-bond acceptors (Lipinski definition) is 5. The van der Waals surface area contributed by atoms with Crippen LogP contribution in [0.3, 0.4) is 0 Å². The van der Waals surface area contributed by atoms with Crippen LogP contribution in [0.1, 0.15) is 13.8 Å². The molecule has 2 N–H and O–H groups in total. The number of benzene rings is 1. The van der Waals surface area contributed by atoms with Crippen molar-refractivity contribution in [3.8, 4) is 11.5 Å². The van der Waals surface area contributed by atoms with Gasteiger partial charge >= 0.3 is 0 Å². The van der Waals surface area contributed by atoms with E-state index in [1.807, 2.05) is 13.8 Å². The molecule has 112 valence electrons. The molecule has 0 aliphatic carbocycles. The fraction of sp³-hybridized carbons (Fsp3) is 0.538. The average molecular weight is 300 g/mol. The lowest BCUT2D eigenvalue weighted by Crippen LogP contribution is -2.39. The summed E-state index contributed by atoms with van der Waals surface area (Å²) >= 11 is 0. The van der Waals surface area contributed by atoms with E-state index in [1.165, 1.54) is 6.07 Å². The first-order chi connectivity index (χ1) is 9.54. The summed E-state index contributed by atoms with van der Waals surface area (Å²) in [5.41, 5.74) is 0. The predicted molar refractivity (Wildman–Crippen MR) is 75.8 cm³/mol. The van der Waals surface area contributed by atoms with Gasteiger partial charge in [-0.05, 0) is 25.6 Å². The molecule has 0 spiro atoms. The van der Waals surface area contributed by atoms with E-state index in [1.54, 1.807) is 12.1 Å². The Kier molecular flexibility index (Phi) is 4.85. The number of para-hydroxylation sites is 1. The second-order valence-electron chi connectivity index (χ2n) is 4.59. The van der Waals surface area contributed by atoms with E-state index in [2.05, 4.69) is 10.0 Å². The monoisotopic (exact) mass is 300 g/mol. The Morgan fingerprint density at radius 2 is 2.05 bits per heavy atom. The molecule has 0 bridgehead atoms. The van der Waals surface area contributed by atoms with E-state index >= 15 is 0 Å². The molecular weight excluding hydrogens is 280 g/mol. The van der Waals surface area contributed by atoms with Crippen molar-refractivity contribution in [2.75, 3.05) is 26.3 Å². The van der Waals surface area contributed by atoms with E-state index in [0.717, 1.165) is 6.54 Å². The molecule has 1 aromatic rings. The number of rotatable bonds is 6. The number of ether oxygens (including phenoxy) is 2. The number of likely N-dealkylation sites (N-methyl/N-ethyl adjacent to an activating group) is 1. The minimum atomic E-state index is -3.61. The Balaban J connectivity index is 2.17. The summed E-state index contributed by atoms with van der Waals surface area (Å²) in [6.07, 6.45) is 0. The summed E-state index contributed by atoms with van der Waals surface area (Å²) in [6.45, 7) is 5.80. The van der Waals surface area contributed by atoms with Crippen molar-refractivity contribution in [2.24, 2.45) is 0 Å². The third kappa shape index (κ3) is 3.41. The van der Waals surface area contributed by atoms with Crippen molar-refractivity contribution >= 4 is 10.0 Å². The van der Waals surface area contributed by atoms with Gasteiger partial charge in [0.25, 0.3) is 0 Å². The van der Waals surface area contributed by atoms with Gasteiger partial charge in [0, 0.05) is 12.6 Å². The molecule has 0 radical (unpaired) electrons. The van der Waals surface area contributed by atoms with Gasteiger partial charge in [0.1, 0.15) is 18.1 Å². The van der Waals surface area contributed by atoms with Crippen LogP contribution in [-0.2, 0) is 10.0 Å². The fourth-order valence-electron chi connectivity index (χ4n) is 1.99. The Hall–Kier alpha value is -1.31. The van der Waals surface area contributed by atoms with E-state index in [0.29, 0.717) is 31.3 Å². The van der Waals surface area contributed by atoms with Crippen molar-refractivity contribution in [2.45, 2.75) is 24.8 Å². The molecule has 0 unspecified atom stereocenters. The average Bonchev–Trinajstić information content (AvgIpc) is 2.45. The second-order valence-corrected chi connectivity index (χ2v) is 6.33. The van der Waals surface area contributed by atoms with Crippen molar-refractivity contribution in [3.63, 3.8) is 0 Å². The third-order valence-corrected chi connectivity index (χ3v) is 4.40. The van der Waals surface area contributed by atoms with Crippen LogP contribution in [0.5, 0.6) is 11.5 Å². The zero-order valence-corrected chi connectivity index (χ0v) is 12.5. The van der Waals surface area contributed by atoms with Crippen molar-refractivity contribution in [3.05, 3.63) is 18.2 Å². The SMILES string of the molecule is CCN[C@H](C)CNS(=O)(=O)c1cccc2c1OCCO2. The molecule has 20 heavy (non-hydrogen) atoms. The fourth-order valence-corrected chi connectivity index (χ4v) is 3.28. The molecule has 2 rings (SSSR count). The molecule has 6 nitrogen and oxygen atoms in total. The van der Waals surface area contributed by atoms with E-state index in [-0.39, 0.29) is 10.9 Å². The van der Waals surface area contributed by atoms with Gasteiger partial charge < -0.3 is 14.8 Å². The van der Waals surface area contributed by atoms with Crippen LogP contribution in [-0.4, -0.2) is 40.8 Å². The molecule has 0 aromatic heterocycles. The lowest BCUT2D eigenvalue weighted by atomic mass is 10.3. The predicted octanol–water partition coefficient (Wildman–Crippen LogP) is 0.734. The summed E-state index contributed by atoms with van der Waals surface area (Å²) in [5, 5.41) is 3.15. The zero-order valence-electron chi connectivity index (χ0n) is 11.7. The normalized spacial score (nSPS) is 15.9. The first kappa shape index (κ1) is 15.1. The van der Waals surface area contributed by atoms with Crippen LogP contribution in [0.25, 0.3) is 0 Å². The second kappa shape index (κ2) is 6.43. The number of nitrogens with one attached hydrogen (secondary N) is 2. The largest absolute Gasteiger partial charge is 0.486 e. The summed E-state index contributed by atoms with van der Waals surface area (Å²) in [6, 6.07) is 4.93. The molecule has 1 atom stereocenters. The lowest BCUT2D eigenvalue weighted by Gasteiger charge is -2.21. The first-order valence-corrected chi connectivity index (χ1v) is 8.14. The Labute approximate surface area is 119 Å². The molecule has 0 saturated carbocycles. The Morgan fingerprint density at radius 1 is 1.30 bits per heavy atom. The van der Waals surface area contributed by atoms with Gasteiger partial charge in [0.2, 0.25) is 10.0 Å². The quantitative estimate of drug-likeness (QED) is 0.810. The van der Waals surface area contributed by atoms with Crippen LogP contribution in [0.2, 0.25) is 0 Å². The summed E-state index contributed by atoms with van der Waals surface area (Å²) in [4.78, 5) is 0.124. The standard InChI is InChI=1S/C13H20N2O4S/c1-3-14-10(2)9-15-20(16,17)12-6-4-5-11-13(12)19-8-7-18-11/h4-6,10,14-15H,3,7-9H2,1-2H3/t10-/m1/s1. The molecule has 1 aromatic carbocycles. The molecule has 7 heteroatoms. The van der Waals surface area contributed by atoms with Crippen LogP contribution in [0.4, 0.5) is 0 Å². The smallest absolute Gasteiger partial charge is 0.244 e. The summed E-state index contributed by atoms with van der Waals surface area (Å²) < 4.78 is 38.1. The summed E-state index contributed by atoms with van der Waals surface area (Å²) in [5.74, 6) is 0.765. The molecule has 0 amide bonds. The molecule has 1 aliphatic rings. The van der Waals surface area contributed by atoms with Crippen LogP contribution in [0.15, 0.2) is 23.1 Å². The van der Waals surface area contributed by atoms with Crippen molar-refractivity contribution < 1.29 is 17.9 Å². The Morgan fingerprint density at radius 3 is 2.80 bits per heavy atom. The third-order valence-electron chi connectivity index (χ3n) is 2.95. The highest BCUT2D eigenvalue weighted by atomic mass is 32.2. The molecule has 1 aliphatic heterocycles. The maximum Gasteiger partial charge on any atom is 0.244 e. The number of sulfonamides is 1. The molecular formula is C13H20N2O4S. The van der Waals surface area contributed by atoms with Gasteiger partial charge in [0.05, 0.1) is 0 Å². The van der Waals surface area contributed by atoms with Gasteiger partial charge in [0.15, 0.2) is 11.5 Å². The minimum Gasteiger partial charge on any atom is -0.486 e. The zero-order chi connectivity index (χ0) is 14.6. The topological polar surface area (TPSA) is 76.7 Å². The lowest BCUT2D eigenvalue weighted by molar-refractivity contribution is 0.167. The first-order valence-electron chi connectivity index (χ1n) is 6.66. The minimum absolute atomic E-state index is 0.0616. The van der Waals surface area contributed by atoms with Crippen LogP contribution < -0.4 is 19.5 Å². The van der Waals surface area contributed by atoms with Crippen molar-refractivity contribution in [1.29, 1.82) is 0 Å². The van der Waals surface area contributed by atoms with Gasteiger partial charge in [-0.2, -0.15) is 0 Å². The highest BCUT2D eigenvalue weighted by Gasteiger charge is 2.25. The van der Waals surface area contributed by atoms with Gasteiger partial charge in [-0.1, -0.05) is 13.0 Å². The summed E-state index contributed by atoms with van der Waals surface area (Å²) in [7, 11) is -3.61. The van der Waals surface area contributed by atoms with Gasteiger partial charge in [-0.3, -0.25) is 0 Å². The highest BCUT2D eigenvalue weighted by Crippen LogP contribution is 2.36. The van der Waals surface area contributed by atoms with Gasteiger partial charge in [-0.25, -0.2) is 13.1 Å². The van der Waals surface area contributed by atoms with Crippen LogP contribution in [0, 0.1) is 0 Å². The molecule has 0 saturated heterocycles.